The summed E-state index contributed by atoms with van der Waals surface area (Å²) in [5.74, 6) is 0. The van der Waals surface area contributed by atoms with E-state index in [1.54, 1.807) is 0 Å². The number of quaternary nitrogens is 1. The number of rotatable bonds is 4. The molecule has 0 amide bonds. The van der Waals surface area contributed by atoms with Crippen molar-refractivity contribution >= 4 is 17.7 Å². The SMILES string of the molecule is Clc1ccc(/C=C/C[NH2+]C2CCCCCCC2)cc1. The lowest BCUT2D eigenvalue weighted by molar-refractivity contribution is -0.682. The maximum atomic E-state index is 5.87. The van der Waals surface area contributed by atoms with Crippen LogP contribution in [0.5, 0.6) is 0 Å². The van der Waals surface area contributed by atoms with Gasteiger partial charge in [-0.25, -0.2) is 0 Å². The summed E-state index contributed by atoms with van der Waals surface area (Å²) in [5.41, 5.74) is 1.23. The Morgan fingerprint density at radius 3 is 2.32 bits per heavy atom. The summed E-state index contributed by atoms with van der Waals surface area (Å²) in [6.45, 7) is 1.09. The smallest absolute Gasteiger partial charge is 0.0947 e. The fourth-order valence-corrected chi connectivity index (χ4v) is 2.90. The molecule has 1 aromatic carbocycles. The van der Waals surface area contributed by atoms with Gasteiger partial charge in [0, 0.05) is 5.02 Å². The van der Waals surface area contributed by atoms with Gasteiger partial charge in [0.1, 0.15) is 0 Å². The average Bonchev–Trinajstić information content (AvgIpc) is 2.38. The van der Waals surface area contributed by atoms with E-state index < -0.39 is 0 Å². The Balaban J connectivity index is 1.71. The lowest BCUT2D eigenvalue weighted by Crippen LogP contribution is -2.89. The van der Waals surface area contributed by atoms with Crippen molar-refractivity contribution < 1.29 is 5.32 Å². The molecule has 0 aliphatic heterocycles. The highest BCUT2D eigenvalue weighted by Crippen LogP contribution is 2.15. The van der Waals surface area contributed by atoms with Gasteiger partial charge in [0.15, 0.2) is 0 Å². The molecule has 0 saturated heterocycles. The van der Waals surface area contributed by atoms with Crippen LogP contribution in [0.1, 0.15) is 50.5 Å². The van der Waals surface area contributed by atoms with Crippen LogP contribution in [-0.4, -0.2) is 12.6 Å². The first kappa shape index (κ1) is 14.6. The van der Waals surface area contributed by atoms with Gasteiger partial charge in [-0.3, -0.25) is 0 Å². The summed E-state index contributed by atoms with van der Waals surface area (Å²) in [5, 5.41) is 3.32. The number of hydrogen-bond donors (Lipinski definition) is 1. The van der Waals surface area contributed by atoms with Crippen molar-refractivity contribution in [3.8, 4) is 0 Å². The second-order valence-corrected chi connectivity index (χ2v) is 5.97. The van der Waals surface area contributed by atoms with Crippen LogP contribution in [0.4, 0.5) is 0 Å². The van der Waals surface area contributed by atoms with Gasteiger partial charge in [-0.15, -0.1) is 0 Å². The van der Waals surface area contributed by atoms with Crippen LogP contribution in [0.3, 0.4) is 0 Å². The molecule has 1 fully saturated rings. The molecule has 0 aromatic heterocycles. The summed E-state index contributed by atoms with van der Waals surface area (Å²) in [6.07, 6.45) is 14.4. The summed E-state index contributed by atoms with van der Waals surface area (Å²) < 4.78 is 0. The van der Waals surface area contributed by atoms with E-state index in [0.29, 0.717) is 0 Å². The molecule has 1 nitrogen and oxygen atoms in total. The van der Waals surface area contributed by atoms with Gasteiger partial charge in [0.2, 0.25) is 0 Å². The van der Waals surface area contributed by atoms with Crippen LogP contribution in [0.15, 0.2) is 30.3 Å². The molecule has 2 N–H and O–H groups in total. The molecular weight excluding hydrogens is 254 g/mol. The summed E-state index contributed by atoms with van der Waals surface area (Å²) in [4.78, 5) is 0. The van der Waals surface area contributed by atoms with Gasteiger partial charge in [-0.05, 0) is 49.5 Å². The molecular formula is C17H25ClN+. The minimum atomic E-state index is 0.804. The molecule has 1 aliphatic carbocycles. The second kappa shape index (κ2) is 8.39. The molecule has 2 rings (SSSR count). The third-order valence-corrected chi connectivity index (χ3v) is 4.19. The first-order valence-corrected chi connectivity index (χ1v) is 7.98. The molecule has 19 heavy (non-hydrogen) atoms. The maximum absolute atomic E-state index is 5.87. The third kappa shape index (κ3) is 5.80. The van der Waals surface area contributed by atoms with Crippen LogP contribution < -0.4 is 5.32 Å². The van der Waals surface area contributed by atoms with Crippen molar-refractivity contribution in [1.29, 1.82) is 0 Å². The van der Waals surface area contributed by atoms with E-state index in [1.807, 2.05) is 12.1 Å². The van der Waals surface area contributed by atoms with E-state index in [0.717, 1.165) is 17.6 Å². The van der Waals surface area contributed by atoms with Crippen molar-refractivity contribution in [2.45, 2.75) is 51.0 Å². The molecule has 2 heteroatoms. The van der Waals surface area contributed by atoms with Gasteiger partial charge in [0.05, 0.1) is 12.6 Å². The van der Waals surface area contributed by atoms with Gasteiger partial charge in [-0.1, -0.05) is 49.1 Å². The predicted octanol–water partition coefficient (Wildman–Crippen LogP) is 4.03. The summed E-state index contributed by atoms with van der Waals surface area (Å²) in [6, 6.07) is 8.86. The van der Waals surface area contributed by atoms with Crippen LogP contribution >= 0.6 is 11.6 Å². The highest BCUT2D eigenvalue weighted by atomic mass is 35.5. The fourth-order valence-electron chi connectivity index (χ4n) is 2.77. The van der Waals surface area contributed by atoms with Gasteiger partial charge < -0.3 is 5.32 Å². The zero-order chi connectivity index (χ0) is 13.3. The Hall–Kier alpha value is -0.790. The Kier molecular flexibility index (Phi) is 6.46. The number of hydrogen-bond acceptors (Lipinski definition) is 0. The lowest BCUT2D eigenvalue weighted by atomic mass is 9.97. The molecule has 1 aromatic rings. The first-order valence-electron chi connectivity index (χ1n) is 7.60. The third-order valence-electron chi connectivity index (χ3n) is 3.94. The quantitative estimate of drug-likeness (QED) is 0.856. The van der Waals surface area contributed by atoms with Crippen molar-refractivity contribution in [2.75, 3.05) is 6.54 Å². The molecule has 0 spiro atoms. The molecule has 0 heterocycles. The van der Waals surface area contributed by atoms with Gasteiger partial charge in [0.25, 0.3) is 0 Å². The number of benzene rings is 1. The van der Waals surface area contributed by atoms with Gasteiger partial charge in [-0.2, -0.15) is 0 Å². The van der Waals surface area contributed by atoms with E-state index in [9.17, 15) is 0 Å². The van der Waals surface area contributed by atoms with E-state index in [-0.39, 0.29) is 0 Å². The molecule has 1 saturated carbocycles. The van der Waals surface area contributed by atoms with E-state index in [4.69, 9.17) is 11.6 Å². The van der Waals surface area contributed by atoms with Crippen molar-refractivity contribution in [3.05, 3.63) is 40.9 Å². The second-order valence-electron chi connectivity index (χ2n) is 5.53. The highest BCUT2D eigenvalue weighted by molar-refractivity contribution is 6.30. The monoisotopic (exact) mass is 278 g/mol. The van der Waals surface area contributed by atoms with Crippen LogP contribution in [0.2, 0.25) is 5.02 Å². The van der Waals surface area contributed by atoms with Crippen molar-refractivity contribution in [1.82, 2.24) is 0 Å². The molecule has 0 atom stereocenters. The summed E-state index contributed by atoms with van der Waals surface area (Å²) in [7, 11) is 0. The molecule has 1 aliphatic rings. The fraction of sp³-hybridized carbons (Fsp3) is 0.529. The van der Waals surface area contributed by atoms with Gasteiger partial charge >= 0.3 is 0 Å². The zero-order valence-electron chi connectivity index (χ0n) is 11.7. The van der Waals surface area contributed by atoms with Crippen LogP contribution in [0.25, 0.3) is 6.08 Å². The largest absolute Gasteiger partial charge is 0.341 e. The Morgan fingerprint density at radius 2 is 1.63 bits per heavy atom. The Morgan fingerprint density at radius 1 is 1.00 bits per heavy atom. The normalized spacial score (nSPS) is 18.4. The molecule has 0 bridgehead atoms. The van der Waals surface area contributed by atoms with Crippen LogP contribution in [0, 0.1) is 0 Å². The minimum absolute atomic E-state index is 0.804. The Labute approximate surface area is 122 Å². The number of nitrogens with two attached hydrogens (primary N) is 1. The van der Waals surface area contributed by atoms with E-state index in [2.05, 4.69) is 29.6 Å². The topological polar surface area (TPSA) is 16.6 Å². The number of halogens is 1. The van der Waals surface area contributed by atoms with Crippen LogP contribution in [-0.2, 0) is 0 Å². The first-order chi connectivity index (χ1) is 9.34. The average molecular weight is 279 g/mol. The zero-order valence-corrected chi connectivity index (χ0v) is 12.4. The van der Waals surface area contributed by atoms with E-state index >= 15 is 0 Å². The van der Waals surface area contributed by atoms with Crippen molar-refractivity contribution in [2.24, 2.45) is 0 Å². The minimum Gasteiger partial charge on any atom is -0.341 e. The maximum Gasteiger partial charge on any atom is 0.0947 e. The predicted molar refractivity (Wildman–Crippen MR) is 83.4 cm³/mol. The lowest BCUT2D eigenvalue weighted by Gasteiger charge is -2.17. The highest BCUT2D eigenvalue weighted by Gasteiger charge is 2.12. The Bertz CT molecular complexity index is 375. The van der Waals surface area contributed by atoms with E-state index in [1.165, 1.54) is 50.5 Å². The van der Waals surface area contributed by atoms with Crippen molar-refractivity contribution in [3.63, 3.8) is 0 Å². The summed E-state index contributed by atoms with van der Waals surface area (Å²) >= 11 is 5.87. The molecule has 0 unspecified atom stereocenters. The molecule has 0 radical (unpaired) electrons. The standard InChI is InChI=1S/C17H24ClN/c18-16-12-10-15(11-13-16)7-6-14-19-17-8-4-2-1-3-5-9-17/h6-7,10-13,17,19H,1-5,8-9,14H2/p+1/b7-6+. The molecule has 104 valence electrons.